The number of epoxide rings is 1. The van der Waals surface area contributed by atoms with E-state index in [1.165, 1.54) is 0 Å². The maximum atomic E-state index is 10.7. The molecule has 1 aliphatic carbocycles. The fraction of sp³-hybridized carbons (Fsp3) is 0.692. The van der Waals surface area contributed by atoms with Gasteiger partial charge in [0.25, 0.3) is 0 Å². The lowest BCUT2D eigenvalue weighted by molar-refractivity contribution is -0.167. The number of hydrogen-bond acceptors (Lipinski definition) is 3. The van der Waals surface area contributed by atoms with Gasteiger partial charge in [-0.2, -0.15) is 0 Å². The van der Waals surface area contributed by atoms with Crippen molar-refractivity contribution in [1.82, 2.24) is 0 Å². The quantitative estimate of drug-likeness (QED) is 0.456. The highest BCUT2D eigenvalue weighted by molar-refractivity contribution is 5.98. The first-order chi connectivity index (χ1) is 8.53. The van der Waals surface area contributed by atoms with E-state index in [9.17, 15) is 9.59 Å². The van der Waals surface area contributed by atoms with Crippen molar-refractivity contribution >= 4 is 11.9 Å². The minimum Gasteiger partial charge on any atom is -0.480 e. The van der Waals surface area contributed by atoms with Crippen LogP contribution < -0.4 is 0 Å². The van der Waals surface area contributed by atoms with Gasteiger partial charge in [0.15, 0.2) is 5.41 Å². The van der Waals surface area contributed by atoms with Crippen LogP contribution in [0.4, 0.5) is 0 Å². The molecule has 0 aromatic heterocycles. The van der Waals surface area contributed by atoms with Crippen LogP contribution in [0.3, 0.4) is 0 Å². The Hall–Kier alpha value is -1.36. The maximum absolute atomic E-state index is 10.7. The zero-order valence-corrected chi connectivity index (χ0v) is 10.4. The second-order valence-corrected chi connectivity index (χ2v) is 4.73. The summed E-state index contributed by atoms with van der Waals surface area (Å²) in [4.78, 5) is 21.5. The summed E-state index contributed by atoms with van der Waals surface area (Å²) in [7, 11) is 0. The summed E-state index contributed by atoms with van der Waals surface area (Å²) < 4.78 is 4.88. The minimum atomic E-state index is -1.49. The topological polar surface area (TPSA) is 87.1 Å². The summed E-state index contributed by atoms with van der Waals surface area (Å²) in [5.74, 6) is -2.37. The number of aliphatic carboxylic acids is 2. The molecule has 2 N–H and O–H groups in total. The number of carboxylic acid groups (broad SMARTS) is 2. The van der Waals surface area contributed by atoms with Crippen molar-refractivity contribution in [2.45, 2.75) is 44.6 Å². The van der Waals surface area contributed by atoms with E-state index in [0.717, 1.165) is 19.4 Å². The summed E-state index contributed by atoms with van der Waals surface area (Å²) in [6.45, 7) is 4.51. The van der Waals surface area contributed by atoms with Crippen molar-refractivity contribution in [1.29, 1.82) is 0 Å². The molecule has 1 aliphatic heterocycles. The highest BCUT2D eigenvalue weighted by Gasteiger charge is 2.46. The largest absolute Gasteiger partial charge is 0.480 e. The highest BCUT2D eigenvalue weighted by atomic mass is 16.6. The predicted molar refractivity (Wildman–Crippen MR) is 65.3 cm³/mol. The van der Waals surface area contributed by atoms with E-state index in [4.69, 9.17) is 14.9 Å². The third kappa shape index (κ3) is 3.84. The zero-order chi connectivity index (χ0) is 13.6. The standard InChI is InChI=1S/C8H12O4.C5H8O/c9-6(10)8(7(11)12)4-2-1-3-5-8;1-2-3-5-4-6-5/h1-5H2,(H,9,10)(H,11,12);2,5H,1,3-4H2. The van der Waals surface area contributed by atoms with E-state index < -0.39 is 17.4 Å². The summed E-state index contributed by atoms with van der Waals surface area (Å²) in [5, 5.41) is 17.6. The zero-order valence-electron chi connectivity index (χ0n) is 10.4. The van der Waals surface area contributed by atoms with Crippen molar-refractivity contribution in [2.24, 2.45) is 5.41 Å². The van der Waals surface area contributed by atoms with Gasteiger partial charge in [0, 0.05) is 0 Å². The summed E-state index contributed by atoms with van der Waals surface area (Å²) in [6, 6.07) is 0. The monoisotopic (exact) mass is 256 g/mol. The van der Waals surface area contributed by atoms with Crippen molar-refractivity contribution < 1.29 is 24.5 Å². The molecule has 102 valence electrons. The third-order valence-electron chi connectivity index (χ3n) is 3.36. The van der Waals surface area contributed by atoms with Crippen LogP contribution in [-0.4, -0.2) is 34.9 Å². The van der Waals surface area contributed by atoms with Gasteiger partial charge in [-0.25, -0.2) is 0 Å². The van der Waals surface area contributed by atoms with Gasteiger partial charge in [-0.05, 0) is 19.3 Å². The van der Waals surface area contributed by atoms with Crippen LogP contribution in [0.25, 0.3) is 0 Å². The molecule has 0 aromatic carbocycles. The van der Waals surface area contributed by atoms with Gasteiger partial charge in [-0.1, -0.05) is 25.3 Å². The Labute approximate surface area is 106 Å². The van der Waals surface area contributed by atoms with Gasteiger partial charge in [-0.15, -0.1) is 6.58 Å². The van der Waals surface area contributed by atoms with E-state index in [-0.39, 0.29) is 12.8 Å². The van der Waals surface area contributed by atoms with Crippen LogP contribution in [0.1, 0.15) is 38.5 Å². The second-order valence-electron chi connectivity index (χ2n) is 4.73. The molecule has 0 radical (unpaired) electrons. The van der Waals surface area contributed by atoms with E-state index in [0.29, 0.717) is 18.9 Å². The highest BCUT2D eigenvalue weighted by Crippen LogP contribution is 2.36. The molecule has 2 fully saturated rings. The second kappa shape index (κ2) is 6.54. The van der Waals surface area contributed by atoms with Crippen LogP contribution in [0.15, 0.2) is 12.7 Å². The van der Waals surface area contributed by atoms with Gasteiger partial charge in [-0.3, -0.25) is 9.59 Å². The fourth-order valence-corrected chi connectivity index (χ4v) is 2.06. The Morgan fingerprint density at radius 3 is 1.94 bits per heavy atom. The fourth-order valence-electron chi connectivity index (χ4n) is 2.06. The molecule has 1 saturated carbocycles. The first-order valence-electron chi connectivity index (χ1n) is 6.22. The molecule has 0 aromatic rings. The van der Waals surface area contributed by atoms with Crippen LogP contribution in [0.2, 0.25) is 0 Å². The van der Waals surface area contributed by atoms with Gasteiger partial charge >= 0.3 is 11.9 Å². The Bertz CT molecular complexity index is 297. The molecule has 0 amide bonds. The predicted octanol–water partition coefficient (Wildman–Crippen LogP) is 2.07. The number of ether oxygens (including phenoxy) is 1. The van der Waals surface area contributed by atoms with Crippen molar-refractivity contribution in [2.75, 3.05) is 6.61 Å². The molecule has 0 spiro atoms. The average molecular weight is 256 g/mol. The smallest absolute Gasteiger partial charge is 0.321 e. The molecule has 5 heteroatoms. The van der Waals surface area contributed by atoms with Crippen LogP contribution in [0.5, 0.6) is 0 Å². The van der Waals surface area contributed by atoms with Gasteiger partial charge in [0.05, 0.1) is 12.7 Å². The lowest BCUT2D eigenvalue weighted by Gasteiger charge is -2.28. The molecule has 1 unspecified atom stereocenters. The molecule has 1 saturated heterocycles. The van der Waals surface area contributed by atoms with E-state index in [1.807, 2.05) is 6.08 Å². The molecule has 2 rings (SSSR count). The normalized spacial score (nSPS) is 24.3. The van der Waals surface area contributed by atoms with Crippen molar-refractivity contribution in [3.8, 4) is 0 Å². The first-order valence-corrected chi connectivity index (χ1v) is 6.22. The Morgan fingerprint density at radius 2 is 1.72 bits per heavy atom. The lowest BCUT2D eigenvalue weighted by Crippen LogP contribution is -2.40. The van der Waals surface area contributed by atoms with E-state index in [2.05, 4.69) is 6.58 Å². The number of carbonyl (C=O) groups is 2. The average Bonchev–Trinajstić information content (AvgIpc) is 3.15. The molecule has 0 bridgehead atoms. The molecule has 18 heavy (non-hydrogen) atoms. The molecule has 1 heterocycles. The molecule has 2 aliphatic rings. The Kier molecular flexibility index (Phi) is 5.34. The molecule has 1 atom stereocenters. The number of carboxylic acids is 2. The SMILES string of the molecule is C=CCC1CO1.O=C(O)C1(C(=O)O)CCCCC1. The Morgan fingerprint density at radius 1 is 1.22 bits per heavy atom. The van der Waals surface area contributed by atoms with Crippen molar-refractivity contribution in [3.05, 3.63) is 12.7 Å². The molecular weight excluding hydrogens is 236 g/mol. The van der Waals surface area contributed by atoms with Crippen molar-refractivity contribution in [3.63, 3.8) is 0 Å². The van der Waals surface area contributed by atoms with E-state index >= 15 is 0 Å². The van der Waals surface area contributed by atoms with Crippen LogP contribution >= 0.6 is 0 Å². The number of hydrogen-bond donors (Lipinski definition) is 2. The molecule has 5 nitrogen and oxygen atoms in total. The number of rotatable bonds is 4. The van der Waals surface area contributed by atoms with Gasteiger partial charge < -0.3 is 14.9 Å². The molecular formula is C13H20O5. The van der Waals surface area contributed by atoms with E-state index in [1.54, 1.807) is 0 Å². The van der Waals surface area contributed by atoms with Gasteiger partial charge in [0.2, 0.25) is 0 Å². The summed E-state index contributed by atoms with van der Waals surface area (Å²) >= 11 is 0. The third-order valence-corrected chi connectivity index (χ3v) is 3.36. The minimum absolute atomic E-state index is 0.275. The van der Waals surface area contributed by atoms with Gasteiger partial charge in [0.1, 0.15) is 0 Å². The Balaban J connectivity index is 0.000000225. The maximum Gasteiger partial charge on any atom is 0.321 e. The van der Waals surface area contributed by atoms with Crippen LogP contribution in [-0.2, 0) is 14.3 Å². The van der Waals surface area contributed by atoms with Crippen LogP contribution in [0, 0.1) is 5.41 Å². The summed E-state index contributed by atoms with van der Waals surface area (Å²) in [5.41, 5.74) is -1.49. The summed E-state index contributed by atoms with van der Waals surface area (Å²) in [6.07, 6.45) is 6.36. The first kappa shape index (κ1) is 14.7. The lowest BCUT2D eigenvalue weighted by atomic mass is 9.74.